The highest BCUT2D eigenvalue weighted by atomic mass is 35.5. The van der Waals surface area contributed by atoms with Crippen LogP contribution in [0.2, 0.25) is 5.02 Å². The van der Waals surface area contributed by atoms with Crippen LogP contribution < -0.4 is 4.74 Å². The van der Waals surface area contributed by atoms with Gasteiger partial charge in [0.2, 0.25) is 0 Å². The molecular formula is C31H25ClN2O4. The van der Waals surface area contributed by atoms with E-state index in [-0.39, 0.29) is 17.9 Å². The predicted molar refractivity (Wildman–Crippen MR) is 145 cm³/mol. The molecule has 6 nitrogen and oxygen atoms in total. The molecule has 0 saturated carbocycles. The van der Waals surface area contributed by atoms with E-state index in [1.54, 1.807) is 67.0 Å². The molecule has 1 fully saturated rings. The number of amides is 1. The number of halogens is 1. The van der Waals surface area contributed by atoms with Gasteiger partial charge in [-0.3, -0.25) is 14.6 Å². The largest absolute Gasteiger partial charge is 0.507 e. The first-order chi connectivity index (χ1) is 18.4. The number of rotatable bonds is 7. The Labute approximate surface area is 225 Å². The summed E-state index contributed by atoms with van der Waals surface area (Å²) in [4.78, 5) is 32.0. The third-order valence-corrected chi connectivity index (χ3v) is 6.84. The van der Waals surface area contributed by atoms with Gasteiger partial charge in [-0.05, 0) is 71.6 Å². The van der Waals surface area contributed by atoms with Gasteiger partial charge < -0.3 is 14.7 Å². The summed E-state index contributed by atoms with van der Waals surface area (Å²) in [6.07, 6.45) is 3.29. The third-order valence-electron chi connectivity index (χ3n) is 6.58. The highest BCUT2D eigenvalue weighted by Crippen LogP contribution is 2.40. The molecule has 38 heavy (non-hydrogen) atoms. The van der Waals surface area contributed by atoms with Gasteiger partial charge in [0, 0.05) is 29.5 Å². The number of hydrogen-bond acceptors (Lipinski definition) is 5. The van der Waals surface area contributed by atoms with E-state index in [1.807, 2.05) is 37.3 Å². The molecule has 1 aromatic heterocycles. The summed E-state index contributed by atoms with van der Waals surface area (Å²) in [6, 6.07) is 24.5. The van der Waals surface area contributed by atoms with Crippen molar-refractivity contribution in [2.24, 2.45) is 0 Å². The van der Waals surface area contributed by atoms with Gasteiger partial charge in [0.25, 0.3) is 11.7 Å². The summed E-state index contributed by atoms with van der Waals surface area (Å²) in [5.41, 5.74) is 4.08. The maximum absolute atomic E-state index is 13.3. The number of carbonyl (C=O) groups excluding carboxylic acids is 2. The minimum Gasteiger partial charge on any atom is -0.507 e. The zero-order chi connectivity index (χ0) is 26.6. The van der Waals surface area contributed by atoms with Crippen LogP contribution in [0.4, 0.5) is 0 Å². The molecule has 1 aliphatic rings. The number of nitrogens with zero attached hydrogens (tertiary/aromatic N) is 2. The molecule has 1 N–H and O–H groups in total. The van der Waals surface area contributed by atoms with E-state index in [2.05, 4.69) is 4.98 Å². The molecular weight excluding hydrogens is 500 g/mol. The number of likely N-dealkylation sites (tertiary alicyclic amines) is 1. The second-order valence-electron chi connectivity index (χ2n) is 9.08. The number of hydrogen-bond donors (Lipinski definition) is 1. The van der Waals surface area contributed by atoms with Crippen LogP contribution >= 0.6 is 11.6 Å². The van der Waals surface area contributed by atoms with Crippen LogP contribution in [0.5, 0.6) is 5.75 Å². The van der Waals surface area contributed by atoms with Gasteiger partial charge in [0.15, 0.2) is 0 Å². The Morgan fingerprint density at radius 1 is 0.974 bits per heavy atom. The molecule has 0 radical (unpaired) electrons. The quantitative estimate of drug-likeness (QED) is 0.176. The van der Waals surface area contributed by atoms with Gasteiger partial charge in [-0.25, -0.2) is 0 Å². The lowest BCUT2D eigenvalue weighted by Crippen LogP contribution is -2.29. The summed E-state index contributed by atoms with van der Waals surface area (Å²) >= 11 is 6.10. The molecule has 0 spiro atoms. The monoisotopic (exact) mass is 524 g/mol. The van der Waals surface area contributed by atoms with Crippen molar-refractivity contribution in [3.05, 3.63) is 136 Å². The second-order valence-corrected chi connectivity index (χ2v) is 9.52. The Kier molecular flexibility index (Phi) is 7.24. The highest BCUT2D eigenvalue weighted by Gasteiger charge is 2.46. The zero-order valence-corrected chi connectivity index (χ0v) is 21.4. The van der Waals surface area contributed by atoms with E-state index < -0.39 is 17.7 Å². The molecule has 1 unspecified atom stereocenters. The molecule has 7 heteroatoms. The summed E-state index contributed by atoms with van der Waals surface area (Å²) < 4.78 is 5.91. The van der Waals surface area contributed by atoms with Crippen LogP contribution in [0, 0.1) is 6.92 Å². The van der Waals surface area contributed by atoms with Crippen molar-refractivity contribution in [1.29, 1.82) is 0 Å². The number of ketones is 1. The SMILES string of the molecule is Cc1ccccc1COc1ccc(C(O)=C2C(=O)C(=O)N(Cc3cccnc3)C2c2ccc(Cl)cc2)cc1. The zero-order valence-electron chi connectivity index (χ0n) is 20.7. The molecule has 2 heterocycles. The predicted octanol–water partition coefficient (Wildman–Crippen LogP) is 6.24. The average Bonchev–Trinajstić information content (AvgIpc) is 3.18. The van der Waals surface area contributed by atoms with E-state index in [1.165, 1.54) is 4.90 Å². The summed E-state index contributed by atoms with van der Waals surface area (Å²) in [7, 11) is 0. The van der Waals surface area contributed by atoms with Crippen molar-refractivity contribution in [2.75, 3.05) is 0 Å². The molecule has 5 rings (SSSR count). The molecule has 1 amide bonds. The third kappa shape index (κ3) is 5.17. The molecule has 190 valence electrons. The van der Waals surface area contributed by atoms with E-state index in [4.69, 9.17) is 16.3 Å². The fraction of sp³-hybridized carbons (Fsp3) is 0.129. The number of benzene rings is 3. The number of aromatic nitrogens is 1. The maximum Gasteiger partial charge on any atom is 0.295 e. The Bertz CT molecular complexity index is 1500. The first-order valence-electron chi connectivity index (χ1n) is 12.1. The second kappa shape index (κ2) is 10.9. The molecule has 1 aliphatic heterocycles. The summed E-state index contributed by atoms with van der Waals surface area (Å²) in [5.74, 6) is -1.06. The molecule has 1 atom stereocenters. The van der Waals surface area contributed by atoms with Gasteiger partial charge >= 0.3 is 0 Å². The first-order valence-corrected chi connectivity index (χ1v) is 12.5. The fourth-order valence-corrected chi connectivity index (χ4v) is 4.65. The van der Waals surface area contributed by atoms with Crippen molar-refractivity contribution < 1.29 is 19.4 Å². The Morgan fingerprint density at radius 3 is 2.39 bits per heavy atom. The average molecular weight is 525 g/mol. The minimum atomic E-state index is -0.788. The number of carbonyl (C=O) groups is 2. The van der Waals surface area contributed by atoms with Crippen molar-refractivity contribution >= 4 is 29.1 Å². The molecule has 4 aromatic rings. The van der Waals surface area contributed by atoms with Gasteiger partial charge in [-0.15, -0.1) is 0 Å². The van der Waals surface area contributed by atoms with E-state index in [0.717, 1.165) is 16.7 Å². The number of aryl methyl sites for hydroxylation is 1. The standard InChI is InChI=1S/C31H25ClN2O4/c1-20-5-2-3-7-24(20)19-38-26-14-10-23(11-15-26)29(35)27-28(22-8-12-25(32)13-9-22)34(31(37)30(27)36)18-21-6-4-16-33-17-21/h2-17,28,35H,18-19H2,1H3. The number of Topliss-reactive ketones (excluding diaryl/α,β-unsaturated/α-hetero) is 1. The van der Waals surface area contributed by atoms with E-state index in [0.29, 0.717) is 28.5 Å². The number of ether oxygens (including phenoxy) is 1. The number of pyridine rings is 1. The molecule has 3 aromatic carbocycles. The smallest absolute Gasteiger partial charge is 0.295 e. The van der Waals surface area contributed by atoms with Crippen LogP contribution in [0.25, 0.3) is 5.76 Å². The van der Waals surface area contributed by atoms with Crippen LogP contribution in [0.3, 0.4) is 0 Å². The van der Waals surface area contributed by atoms with Crippen LogP contribution in [0.15, 0.2) is 103 Å². The van der Waals surface area contributed by atoms with Crippen LogP contribution in [-0.2, 0) is 22.7 Å². The number of aliphatic hydroxyl groups is 1. The summed E-state index contributed by atoms with van der Waals surface area (Å²) in [6.45, 7) is 2.60. The lowest BCUT2D eigenvalue weighted by atomic mass is 9.95. The highest BCUT2D eigenvalue weighted by molar-refractivity contribution is 6.46. The van der Waals surface area contributed by atoms with Crippen LogP contribution in [0.1, 0.15) is 33.9 Å². The van der Waals surface area contributed by atoms with Crippen LogP contribution in [-0.4, -0.2) is 26.7 Å². The summed E-state index contributed by atoms with van der Waals surface area (Å²) in [5, 5.41) is 11.8. The van der Waals surface area contributed by atoms with E-state index in [9.17, 15) is 14.7 Å². The maximum atomic E-state index is 13.3. The Morgan fingerprint density at radius 2 is 1.71 bits per heavy atom. The van der Waals surface area contributed by atoms with Gasteiger partial charge in [0.1, 0.15) is 18.1 Å². The Balaban J connectivity index is 1.47. The van der Waals surface area contributed by atoms with Gasteiger partial charge in [-0.1, -0.05) is 54.1 Å². The molecule has 1 saturated heterocycles. The molecule has 0 aliphatic carbocycles. The van der Waals surface area contributed by atoms with Crippen molar-refractivity contribution in [1.82, 2.24) is 9.88 Å². The Hall–Kier alpha value is -4.42. The fourth-order valence-electron chi connectivity index (χ4n) is 4.52. The topological polar surface area (TPSA) is 79.7 Å². The normalized spacial score (nSPS) is 16.6. The molecule has 0 bridgehead atoms. The van der Waals surface area contributed by atoms with Crippen molar-refractivity contribution in [3.8, 4) is 5.75 Å². The lowest BCUT2D eigenvalue weighted by Gasteiger charge is -2.25. The minimum absolute atomic E-state index is 0.0230. The van der Waals surface area contributed by atoms with Crippen molar-refractivity contribution in [3.63, 3.8) is 0 Å². The first kappa shape index (κ1) is 25.2. The number of aliphatic hydroxyl groups excluding tert-OH is 1. The van der Waals surface area contributed by atoms with E-state index >= 15 is 0 Å². The lowest BCUT2D eigenvalue weighted by molar-refractivity contribution is -0.140. The van der Waals surface area contributed by atoms with Gasteiger partial charge in [-0.2, -0.15) is 0 Å². The van der Waals surface area contributed by atoms with Gasteiger partial charge in [0.05, 0.1) is 11.6 Å². The van der Waals surface area contributed by atoms with Crippen molar-refractivity contribution in [2.45, 2.75) is 26.1 Å².